The molecular weight excluding hydrogens is 373 g/mol. The molecule has 1 aromatic heterocycles. The molecule has 6 nitrogen and oxygen atoms in total. The van der Waals surface area contributed by atoms with Crippen molar-refractivity contribution >= 4 is 22.9 Å². The number of rotatable bonds is 4. The molecule has 150 valence electrons. The van der Waals surface area contributed by atoms with E-state index in [0.717, 1.165) is 35.8 Å². The van der Waals surface area contributed by atoms with Crippen LogP contribution in [-0.2, 0) is 0 Å². The van der Waals surface area contributed by atoms with Gasteiger partial charge in [-0.2, -0.15) is 0 Å². The van der Waals surface area contributed by atoms with Gasteiger partial charge in [-0.25, -0.2) is 14.2 Å². The Morgan fingerprint density at radius 2 is 1.97 bits per heavy atom. The Kier molecular flexibility index (Phi) is 4.82. The topological polar surface area (TPSA) is 75.4 Å². The second-order valence-electron chi connectivity index (χ2n) is 7.58. The Balaban J connectivity index is 1.74. The first kappa shape index (κ1) is 19.1. The summed E-state index contributed by atoms with van der Waals surface area (Å²) in [7, 11) is 0. The standard InChI is InChI=1S/C22H22FN3O3/c1-13(2)26-18-7-4-3-6-17(18)24-20(26)19-8-5-11-25(19)21(27)15-10-9-14(22(28)29)12-16(15)23/h3-4,6-7,9-10,12-13,19H,5,8,11H2,1-2H3,(H,28,29). The molecule has 0 radical (unpaired) electrons. The lowest BCUT2D eigenvalue weighted by atomic mass is 10.1. The second kappa shape index (κ2) is 7.31. The Bertz CT molecular complexity index is 1110. The number of carboxylic acids is 1. The number of carboxylic acid groups (broad SMARTS) is 1. The van der Waals surface area contributed by atoms with Crippen LogP contribution >= 0.6 is 0 Å². The normalized spacial score (nSPS) is 16.7. The third-order valence-corrected chi connectivity index (χ3v) is 5.40. The highest BCUT2D eigenvalue weighted by Crippen LogP contribution is 2.36. The van der Waals surface area contributed by atoms with Crippen molar-refractivity contribution in [3.63, 3.8) is 0 Å². The molecule has 1 aliphatic heterocycles. The molecule has 0 aliphatic carbocycles. The predicted octanol–water partition coefficient (Wildman–Crippen LogP) is 4.43. The Hall–Kier alpha value is -3.22. The highest BCUT2D eigenvalue weighted by Gasteiger charge is 2.35. The lowest BCUT2D eigenvalue weighted by Crippen LogP contribution is -2.33. The molecule has 1 saturated heterocycles. The smallest absolute Gasteiger partial charge is 0.335 e. The van der Waals surface area contributed by atoms with E-state index in [1.165, 1.54) is 12.1 Å². The average molecular weight is 395 g/mol. The number of benzene rings is 2. The summed E-state index contributed by atoms with van der Waals surface area (Å²) in [4.78, 5) is 30.6. The number of aromatic carboxylic acids is 1. The molecule has 0 spiro atoms. The lowest BCUT2D eigenvalue weighted by Gasteiger charge is -2.26. The fraction of sp³-hybridized carbons (Fsp3) is 0.318. The van der Waals surface area contributed by atoms with Gasteiger partial charge in [-0.05, 0) is 57.0 Å². The number of hydrogen-bond donors (Lipinski definition) is 1. The predicted molar refractivity (Wildman–Crippen MR) is 106 cm³/mol. The largest absolute Gasteiger partial charge is 0.478 e. The van der Waals surface area contributed by atoms with Crippen LogP contribution in [0.15, 0.2) is 42.5 Å². The van der Waals surface area contributed by atoms with E-state index in [0.29, 0.717) is 6.54 Å². The van der Waals surface area contributed by atoms with Crippen LogP contribution in [0, 0.1) is 5.82 Å². The zero-order valence-corrected chi connectivity index (χ0v) is 16.3. The van der Waals surface area contributed by atoms with Crippen molar-refractivity contribution in [1.82, 2.24) is 14.5 Å². The van der Waals surface area contributed by atoms with Gasteiger partial charge in [-0.3, -0.25) is 4.79 Å². The molecule has 7 heteroatoms. The van der Waals surface area contributed by atoms with E-state index in [2.05, 4.69) is 18.4 Å². The minimum absolute atomic E-state index is 0.117. The number of hydrogen-bond acceptors (Lipinski definition) is 3. The molecule has 1 amide bonds. The monoisotopic (exact) mass is 395 g/mol. The summed E-state index contributed by atoms with van der Waals surface area (Å²) in [5.74, 6) is -1.69. The summed E-state index contributed by atoms with van der Waals surface area (Å²) >= 11 is 0. The van der Waals surface area contributed by atoms with Crippen LogP contribution in [0.25, 0.3) is 11.0 Å². The molecule has 1 unspecified atom stereocenters. The van der Waals surface area contributed by atoms with Gasteiger partial charge in [0.2, 0.25) is 0 Å². The number of carbonyl (C=O) groups excluding carboxylic acids is 1. The van der Waals surface area contributed by atoms with E-state index in [1.807, 2.05) is 24.3 Å². The summed E-state index contributed by atoms with van der Waals surface area (Å²) in [5.41, 5.74) is 1.58. The van der Waals surface area contributed by atoms with Crippen LogP contribution in [0.1, 0.15) is 65.3 Å². The number of carbonyl (C=O) groups is 2. The number of aromatic nitrogens is 2. The van der Waals surface area contributed by atoms with Gasteiger partial charge in [0.15, 0.2) is 0 Å². The highest BCUT2D eigenvalue weighted by atomic mass is 19.1. The fourth-order valence-electron chi connectivity index (χ4n) is 4.10. The number of para-hydroxylation sites is 2. The number of imidazole rings is 1. The van der Waals surface area contributed by atoms with E-state index >= 15 is 0 Å². The molecular formula is C22H22FN3O3. The third kappa shape index (κ3) is 3.26. The third-order valence-electron chi connectivity index (χ3n) is 5.40. The SMILES string of the molecule is CC(C)n1c(C2CCCN2C(=O)c2ccc(C(=O)O)cc2F)nc2ccccc21. The van der Waals surface area contributed by atoms with Crippen molar-refractivity contribution in [2.24, 2.45) is 0 Å². The molecule has 1 aliphatic rings. The summed E-state index contributed by atoms with van der Waals surface area (Å²) in [6, 6.07) is 11.2. The van der Waals surface area contributed by atoms with Crippen molar-refractivity contribution in [1.29, 1.82) is 0 Å². The van der Waals surface area contributed by atoms with E-state index in [9.17, 15) is 14.0 Å². The van der Waals surface area contributed by atoms with Gasteiger partial charge in [-0.1, -0.05) is 12.1 Å². The van der Waals surface area contributed by atoms with E-state index < -0.39 is 17.7 Å². The van der Waals surface area contributed by atoms with Crippen LogP contribution in [-0.4, -0.2) is 38.0 Å². The molecule has 1 N–H and O–H groups in total. The maximum atomic E-state index is 14.5. The number of amides is 1. The molecule has 0 bridgehead atoms. The first-order valence-corrected chi connectivity index (χ1v) is 9.69. The molecule has 3 aromatic rings. The van der Waals surface area contributed by atoms with Gasteiger partial charge >= 0.3 is 5.97 Å². The van der Waals surface area contributed by atoms with Gasteiger partial charge in [0, 0.05) is 12.6 Å². The number of fused-ring (bicyclic) bond motifs is 1. The average Bonchev–Trinajstić information content (AvgIpc) is 3.31. The molecule has 1 atom stereocenters. The van der Waals surface area contributed by atoms with Crippen LogP contribution in [0.5, 0.6) is 0 Å². The maximum absolute atomic E-state index is 14.5. The number of nitrogens with zero attached hydrogens (tertiary/aromatic N) is 3. The summed E-state index contributed by atoms with van der Waals surface area (Å²) < 4.78 is 16.6. The van der Waals surface area contributed by atoms with Gasteiger partial charge in [0.25, 0.3) is 5.91 Å². The molecule has 1 fully saturated rings. The molecule has 0 saturated carbocycles. The minimum atomic E-state index is -1.23. The zero-order valence-electron chi connectivity index (χ0n) is 16.3. The molecule has 4 rings (SSSR count). The van der Waals surface area contributed by atoms with Crippen LogP contribution in [0.4, 0.5) is 4.39 Å². The van der Waals surface area contributed by atoms with Gasteiger partial charge in [0.05, 0.1) is 28.2 Å². The molecule has 2 heterocycles. The van der Waals surface area contributed by atoms with Gasteiger partial charge in [0.1, 0.15) is 11.6 Å². The quantitative estimate of drug-likeness (QED) is 0.709. The van der Waals surface area contributed by atoms with Crippen LogP contribution in [0.2, 0.25) is 0 Å². The Morgan fingerprint density at radius 3 is 2.66 bits per heavy atom. The second-order valence-corrected chi connectivity index (χ2v) is 7.58. The van der Waals surface area contributed by atoms with E-state index in [4.69, 9.17) is 10.1 Å². The Morgan fingerprint density at radius 1 is 1.21 bits per heavy atom. The lowest BCUT2D eigenvalue weighted by molar-refractivity contribution is 0.0689. The fourth-order valence-corrected chi connectivity index (χ4v) is 4.10. The first-order valence-electron chi connectivity index (χ1n) is 9.69. The van der Waals surface area contributed by atoms with E-state index in [1.54, 1.807) is 4.90 Å². The molecule has 29 heavy (non-hydrogen) atoms. The molecule has 2 aromatic carbocycles. The van der Waals surface area contributed by atoms with Gasteiger partial charge < -0.3 is 14.6 Å². The number of halogens is 1. The van der Waals surface area contributed by atoms with Gasteiger partial charge in [-0.15, -0.1) is 0 Å². The zero-order chi connectivity index (χ0) is 20.7. The summed E-state index contributed by atoms with van der Waals surface area (Å²) in [5, 5.41) is 9.02. The first-order chi connectivity index (χ1) is 13.9. The van der Waals surface area contributed by atoms with Crippen molar-refractivity contribution < 1.29 is 19.1 Å². The Labute approximate surface area is 167 Å². The van der Waals surface area contributed by atoms with Crippen molar-refractivity contribution in [2.75, 3.05) is 6.54 Å². The minimum Gasteiger partial charge on any atom is -0.478 e. The number of likely N-dealkylation sites (tertiary alicyclic amines) is 1. The van der Waals surface area contributed by atoms with Crippen molar-refractivity contribution in [3.05, 3.63) is 65.2 Å². The summed E-state index contributed by atoms with van der Waals surface area (Å²) in [6.45, 7) is 4.65. The van der Waals surface area contributed by atoms with Crippen LogP contribution in [0.3, 0.4) is 0 Å². The highest BCUT2D eigenvalue weighted by molar-refractivity contribution is 5.96. The van der Waals surface area contributed by atoms with Crippen molar-refractivity contribution in [3.8, 4) is 0 Å². The van der Waals surface area contributed by atoms with Crippen molar-refractivity contribution in [2.45, 2.75) is 38.8 Å². The maximum Gasteiger partial charge on any atom is 0.335 e. The van der Waals surface area contributed by atoms with Crippen LogP contribution < -0.4 is 0 Å². The van der Waals surface area contributed by atoms with E-state index in [-0.39, 0.29) is 23.2 Å². The summed E-state index contributed by atoms with van der Waals surface area (Å²) in [6.07, 6.45) is 1.54.